The Morgan fingerprint density at radius 1 is 1.10 bits per heavy atom. The van der Waals surface area contributed by atoms with Crippen LogP contribution in [0.3, 0.4) is 0 Å². The quantitative estimate of drug-likeness (QED) is 0.736. The topological polar surface area (TPSA) is 47.0 Å². The maximum atomic E-state index is 5.42. The number of rotatable bonds is 4. The molecule has 0 spiro atoms. The van der Waals surface area contributed by atoms with Crippen molar-refractivity contribution in [3.8, 4) is 5.75 Å². The summed E-state index contributed by atoms with van der Waals surface area (Å²) in [6, 6.07) is 11.9. The fraction of sp³-hybridized carbons (Fsp3) is 0.125. The molecule has 0 saturated heterocycles. The minimum absolute atomic E-state index is 0.765. The number of anilines is 1. The summed E-state index contributed by atoms with van der Waals surface area (Å²) in [4.78, 5) is 8.81. The molecule has 0 aliphatic rings. The van der Waals surface area contributed by atoms with Crippen LogP contribution in [0.25, 0.3) is 10.9 Å². The Morgan fingerprint density at radius 2 is 2.00 bits per heavy atom. The number of aromatic nitrogens is 2. The van der Waals surface area contributed by atoms with Crippen molar-refractivity contribution in [3.05, 3.63) is 54.4 Å². The van der Waals surface area contributed by atoms with Gasteiger partial charge in [0.2, 0.25) is 0 Å². The highest BCUT2D eigenvalue weighted by atomic mass is 32.2. The van der Waals surface area contributed by atoms with E-state index in [4.69, 9.17) is 4.74 Å². The number of fused-ring (bicyclic) bond motifs is 1. The van der Waals surface area contributed by atoms with Crippen molar-refractivity contribution in [1.82, 2.24) is 9.97 Å². The lowest BCUT2D eigenvalue weighted by Gasteiger charge is -2.12. The van der Waals surface area contributed by atoms with E-state index in [0.29, 0.717) is 0 Å². The summed E-state index contributed by atoms with van der Waals surface area (Å²) >= 11 is 1.45. The van der Waals surface area contributed by atoms with Gasteiger partial charge in [0.1, 0.15) is 16.5 Å². The molecule has 4 nitrogen and oxygen atoms in total. The largest absolute Gasteiger partial charge is 0.494 e. The average molecular weight is 297 g/mol. The third-order valence-corrected chi connectivity index (χ3v) is 3.86. The van der Waals surface area contributed by atoms with E-state index in [-0.39, 0.29) is 0 Å². The molecule has 0 amide bonds. The molecule has 0 atom stereocenters. The van der Waals surface area contributed by atoms with Crippen LogP contribution in [0.4, 0.5) is 5.69 Å². The molecule has 21 heavy (non-hydrogen) atoms. The van der Waals surface area contributed by atoms with Crippen LogP contribution in [-0.4, -0.2) is 17.1 Å². The summed E-state index contributed by atoms with van der Waals surface area (Å²) in [5, 5.41) is 1.97. The van der Waals surface area contributed by atoms with Gasteiger partial charge in [-0.15, -0.1) is 0 Å². The van der Waals surface area contributed by atoms with Crippen LogP contribution in [0.15, 0.2) is 53.8 Å². The number of hydrogen-bond acceptors (Lipinski definition) is 5. The lowest BCUT2D eigenvalue weighted by atomic mass is 10.2. The Hall–Kier alpha value is -2.27. The van der Waals surface area contributed by atoms with Crippen LogP contribution in [0.5, 0.6) is 5.75 Å². The number of benzene rings is 1. The van der Waals surface area contributed by atoms with E-state index in [1.54, 1.807) is 13.3 Å². The van der Waals surface area contributed by atoms with Crippen molar-refractivity contribution >= 4 is 28.5 Å². The zero-order valence-electron chi connectivity index (χ0n) is 11.8. The molecular formula is C16H15N3OS. The molecule has 2 aromatic heterocycles. The zero-order chi connectivity index (χ0) is 14.7. The minimum Gasteiger partial charge on any atom is -0.494 e. The number of aryl methyl sites for hydroxylation is 1. The molecule has 0 saturated carbocycles. The number of ether oxygens (including phenoxy) is 1. The Balaban J connectivity index is 1.93. The van der Waals surface area contributed by atoms with Crippen LogP contribution in [-0.2, 0) is 0 Å². The van der Waals surface area contributed by atoms with E-state index in [2.05, 4.69) is 14.7 Å². The zero-order valence-corrected chi connectivity index (χ0v) is 12.6. The maximum Gasteiger partial charge on any atom is 0.145 e. The van der Waals surface area contributed by atoms with Crippen molar-refractivity contribution in [2.75, 3.05) is 11.8 Å². The molecule has 0 unspecified atom stereocenters. The molecule has 0 aliphatic carbocycles. The predicted octanol–water partition coefficient (Wildman–Crippen LogP) is 4.07. The second-order valence-electron chi connectivity index (χ2n) is 4.60. The molecule has 3 aromatic rings. The highest BCUT2D eigenvalue weighted by Gasteiger charge is 2.09. The maximum absolute atomic E-state index is 5.42. The standard InChI is InChI=1S/C16H15N3OS/c1-11-5-8-14(18-10-11)21-19-16-13(20-2)7-6-12-4-3-9-17-15(12)16/h3-10,19H,1-2H3. The average Bonchev–Trinajstić information content (AvgIpc) is 2.54. The van der Waals surface area contributed by atoms with Gasteiger partial charge in [-0.05, 0) is 36.8 Å². The van der Waals surface area contributed by atoms with Crippen LogP contribution in [0, 0.1) is 6.92 Å². The molecule has 0 aliphatic heterocycles. The number of hydrogen-bond donors (Lipinski definition) is 1. The molecule has 5 heteroatoms. The first-order valence-electron chi connectivity index (χ1n) is 6.55. The number of nitrogens with zero attached hydrogens (tertiary/aromatic N) is 2. The first kappa shape index (κ1) is 13.7. The van der Waals surface area contributed by atoms with Gasteiger partial charge in [-0.1, -0.05) is 12.1 Å². The van der Waals surface area contributed by atoms with Gasteiger partial charge in [0.15, 0.2) is 0 Å². The van der Waals surface area contributed by atoms with Crippen molar-refractivity contribution in [1.29, 1.82) is 0 Å². The third kappa shape index (κ3) is 2.92. The molecule has 0 bridgehead atoms. The molecule has 0 radical (unpaired) electrons. The van der Waals surface area contributed by atoms with Gasteiger partial charge < -0.3 is 9.46 Å². The van der Waals surface area contributed by atoms with E-state index in [1.807, 2.05) is 49.5 Å². The monoisotopic (exact) mass is 297 g/mol. The van der Waals surface area contributed by atoms with Gasteiger partial charge in [-0.3, -0.25) is 4.98 Å². The van der Waals surface area contributed by atoms with E-state index in [0.717, 1.165) is 32.9 Å². The highest BCUT2D eigenvalue weighted by molar-refractivity contribution is 8.00. The van der Waals surface area contributed by atoms with Crippen LogP contribution < -0.4 is 9.46 Å². The summed E-state index contributed by atoms with van der Waals surface area (Å²) in [6.45, 7) is 2.02. The summed E-state index contributed by atoms with van der Waals surface area (Å²) in [6.07, 6.45) is 3.63. The highest BCUT2D eigenvalue weighted by Crippen LogP contribution is 2.34. The van der Waals surface area contributed by atoms with Gasteiger partial charge in [0, 0.05) is 29.7 Å². The van der Waals surface area contributed by atoms with Crippen molar-refractivity contribution in [3.63, 3.8) is 0 Å². The molecular weight excluding hydrogens is 282 g/mol. The molecule has 106 valence electrons. The summed E-state index contributed by atoms with van der Waals surface area (Å²) in [5.74, 6) is 0.765. The Kier molecular flexibility index (Phi) is 3.92. The Morgan fingerprint density at radius 3 is 2.76 bits per heavy atom. The van der Waals surface area contributed by atoms with Crippen molar-refractivity contribution in [2.45, 2.75) is 11.9 Å². The van der Waals surface area contributed by atoms with Crippen LogP contribution >= 0.6 is 11.9 Å². The Labute approximate surface area is 127 Å². The number of methoxy groups -OCH3 is 1. The SMILES string of the molecule is COc1ccc2cccnc2c1NSc1ccc(C)cn1. The van der Waals surface area contributed by atoms with Gasteiger partial charge in [-0.2, -0.15) is 0 Å². The first-order valence-corrected chi connectivity index (χ1v) is 7.37. The smallest absolute Gasteiger partial charge is 0.145 e. The predicted molar refractivity (Wildman–Crippen MR) is 86.7 cm³/mol. The van der Waals surface area contributed by atoms with Crippen molar-refractivity contribution < 1.29 is 4.74 Å². The van der Waals surface area contributed by atoms with Crippen molar-refractivity contribution in [2.24, 2.45) is 0 Å². The molecule has 2 heterocycles. The van der Waals surface area contributed by atoms with Gasteiger partial charge in [0.25, 0.3) is 0 Å². The summed E-state index contributed by atoms with van der Waals surface area (Å²) in [5.41, 5.74) is 2.89. The first-order chi connectivity index (χ1) is 10.3. The van der Waals surface area contributed by atoms with Crippen LogP contribution in [0.2, 0.25) is 0 Å². The lowest BCUT2D eigenvalue weighted by Crippen LogP contribution is -1.96. The Bertz CT molecular complexity index is 759. The second kappa shape index (κ2) is 6.01. The van der Waals surface area contributed by atoms with E-state index in [1.165, 1.54) is 11.9 Å². The van der Waals surface area contributed by atoms with Gasteiger partial charge in [0.05, 0.1) is 12.6 Å². The number of pyridine rings is 2. The lowest BCUT2D eigenvalue weighted by molar-refractivity contribution is 0.417. The fourth-order valence-corrected chi connectivity index (χ4v) is 2.66. The third-order valence-electron chi connectivity index (χ3n) is 3.10. The molecule has 1 aromatic carbocycles. The molecule has 0 fully saturated rings. The molecule has 1 N–H and O–H groups in total. The van der Waals surface area contributed by atoms with E-state index in [9.17, 15) is 0 Å². The number of nitrogens with one attached hydrogen (secondary N) is 1. The second-order valence-corrected chi connectivity index (χ2v) is 5.42. The summed E-state index contributed by atoms with van der Waals surface area (Å²) in [7, 11) is 1.66. The summed E-state index contributed by atoms with van der Waals surface area (Å²) < 4.78 is 8.73. The van der Waals surface area contributed by atoms with Gasteiger partial charge >= 0.3 is 0 Å². The van der Waals surface area contributed by atoms with E-state index < -0.39 is 0 Å². The fourth-order valence-electron chi connectivity index (χ4n) is 2.01. The van der Waals surface area contributed by atoms with E-state index >= 15 is 0 Å². The minimum atomic E-state index is 0.765. The van der Waals surface area contributed by atoms with Gasteiger partial charge in [-0.25, -0.2) is 4.98 Å². The molecule has 3 rings (SSSR count). The normalized spacial score (nSPS) is 10.6. The van der Waals surface area contributed by atoms with Crippen LogP contribution in [0.1, 0.15) is 5.56 Å².